The number of carbonyl (C=O) groups excluding carboxylic acids is 1. The largest absolute Gasteiger partial charge is 0.481 e. The Kier molecular flexibility index (Phi) is 5.40. The van der Waals surface area contributed by atoms with Crippen molar-refractivity contribution in [3.63, 3.8) is 0 Å². The molecule has 0 saturated carbocycles. The van der Waals surface area contributed by atoms with Crippen LogP contribution in [0, 0.1) is 5.92 Å². The van der Waals surface area contributed by atoms with Gasteiger partial charge in [-0.25, -0.2) is 4.79 Å². The van der Waals surface area contributed by atoms with Gasteiger partial charge < -0.3 is 20.2 Å². The smallest absolute Gasteiger partial charge is 0.317 e. The first-order chi connectivity index (χ1) is 8.40. The van der Waals surface area contributed by atoms with Crippen molar-refractivity contribution in [2.75, 3.05) is 33.7 Å². The van der Waals surface area contributed by atoms with E-state index in [4.69, 9.17) is 5.11 Å². The molecule has 2 N–H and O–H groups in total. The van der Waals surface area contributed by atoms with Crippen molar-refractivity contribution in [1.82, 2.24) is 15.1 Å². The predicted molar refractivity (Wildman–Crippen MR) is 68.5 cm³/mol. The SMILES string of the molecule is CC(CCN(C)C)NC(=O)N1CCC(C(=O)O)C1. The minimum absolute atomic E-state index is 0.101. The average molecular weight is 257 g/mol. The molecule has 0 aliphatic carbocycles. The van der Waals surface area contributed by atoms with Crippen LogP contribution in [0.15, 0.2) is 0 Å². The topological polar surface area (TPSA) is 72.9 Å². The fraction of sp³-hybridized carbons (Fsp3) is 0.833. The van der Waals surface area contributed by atoms with E-state index < -0.39 is 11.9 Å². The number of amides is 2. The number of carboxylic acid groups (broad SMARTS) is 1. The number of likely N-dealkylation sites (tertiary alicyclic amines) is 1. The summed E-state index contributed by atoms with van der Waals surface area (Å²) in [5, 5.41) is 11.8. The van der Waals surface area contributed by atoms with Gasteiger partial charge in [0.25, 0.3) is 0 Å². The first-order valence-electron chi connectivity index (χ1n) is 6.33. The lowest BCUT2D eigenvalue weighted by atomic mass is 10.1. The van der Waals surface area contributed by atoms with E-state index in [1.54, 1.807) is 4.90 Å². The van der Waals surface area contributed by atoms with Crippen LogP contribution in [0.1, 0.15) is 19.8 Å². The van der Waals surface area contributed by atoms with Crippen molar-refractivity contribution in [3.8, 4) is 0 Å². The monoisotopic (exact) mass is 257 g/mol. The molecule has 6 heteroatoms. The van der Waals surface area contributed by atoms with Crippen LogP contribution in [0.2, 0.25) is 0 Å². The number of urea groups is 1. The molecule has 1 rings (SSSR count). The summed E-state index contributed by atoms with van der Waals surface area (Å²) in [7, 11) is 3.99. The van der Waals surface area contributed by atoms with E-state index in [-0.39, 0.29) is 12.1 Å². The molecule has 0 radical (unpaired) electrons. The molecule has 1 saturated heterocycles. The lowest BCUT2D eigenvalue weighted by molar-refractivity contribution is -0.141. The number of hydrogen-bond acceptors (Lipinski definition) is 3. The third-order valence-electron chi connectivity index (χ3n) is 3.20. The Labute approximate surface area is 108 Å². The summed E-state index contributed by atoms with van der Waals surface area (Å²) in [6.07, 6.45) is 1.43. The quantitative estimate of drug-likeness (QED) is 0.749. The minimum Gasteiger partial charge on any atom is -0.481 e. The molecule has 1 fully saturated rings. The van der Waals surface area contributed by atoms with Crippen LogP contribution >= 0.6 is 0 Å². The number of rotatable bonds is 5. The third-order valence-corrected chi connectivity index (χ3v) is 3.20. The van der Waals surface area contributed by atoms with Gasteiger partial charge in [0.05, 0.1) is 5.92 Å². The number of carbonyl (C=O) groups is 2. The number of aliphatic carboxylic acids is 1. The zero-order valence-corrected chi connectivity index (χ0v) is 11.3. The first kappa shape index (κ1) is 14.8. The van der Waals surface area contributed by atoms with Crippen molar-refractivity contribution in [1.29, 1.82) is 0 Å². The van der Waals surface area contributed by atoms with Gasteiger partial charge in [0.1, 0.15) is 0 Å². The number of hydrogen-bond donors (Lipinski definition) is 2. The number of nitrogens with zero attached hydrogens (tertiary/aromatic N) is 2. The molecule has 2 unspecified atom stereocenters. The highest BCUT2D eigenvalue weighted by molar-refractivity contribution is 5.77. The van der Waals surface area contributed by atoms with Gasteiger partial charge in [0.2, 0.25) is 0 Å². The number of carboxylic acids is 1. The Bertz CT molecular complexity index is 307. The van der Waals surface area contributed by atoms with E-state index in [2.05, 4.69) is 10.2 Å². The second-order valence-electron chi connectivity index (χ2n) is 5.21. The fourth-order valence-corrected chi connectivity index (χ4v) is 1.97. The predicted octanol–water partition coefficient (Wildman–Crippen LogP) is 0.443. The summed E-state index contributed by atoms with van der Waals surface area (Å²) in [5.74, 6) is -1.22. The van der Waals surface area contributed by atoms with Crippen LogP contribution in [0.4, 0.5) is 4.79 Å². The van der Waals surface area contributed by atoms with Gasteiger partial charge in [-0.05, 0) is 40.4 Å². The van der Waals surface area contributed by atoms with Crippen molar-refractivity contribution >= 4 is 12.0 Å². The van der Waals surface area contributed by atoms with Gasteiger partial charge in [-0.2, -0.15) is 0 Å². The zero-order chi connectivity index (χ0) is 13.7. The van der Waals surface area contributed by atoms with E-state index in [0.29, 0.717) is 19.5 Å². The molecule has 0 aromatic rings. The van der Waals surface area contributed by atoms with Gasteiger partial charge in [-0.3, -0.25) is 4.79 Å². The van der Waals surface area contributed by atoms with Gasteiger partial charge in [-0.1, -0.05) is 0 Å². The van der Waals surface area contributed by atoms with Crippen molar-refractivity contribution in [3.05, 3.63) is 0 Å². The minimum atomic E-state index is -0.814. The van der Waals surface area contributed by atoms with Crippen LogP contribution in [0.25, 0.3) is 0 Å². The van der Waals surface area contributed by atoms with E-state index >= 15 is 0 Å². The van der Waals surface area contributed by atoms with E-state index in [0.717, 1.165) is 13.0 Å². The Balaban J connectivity index is 2.31. The Morgan fingerprint density at radius 2 is 2.17 bits per heavy atom. The molecule has 1 aliphatic heterocycles. The third kappa shape index (κ3) is 4.52. The number of nitrogens with one attached hydrogen (secondary N) is 1. The van der Waals surface area contributed by atoms with Gasteiger partial charge >= 0.3 is 12.0 Å². The van der Waals surface area contributed by atoms with E-state index in [9.17, 15) is 9.59 Å². The average Bonchev–Trinajstić information content (AvgIpc) is 2.75. The maximum atomic E-state index is 11.9. The van der Waals surface area contributed by atoms with Crippen LogP contribution in [0.3, 0.4) is 0 Å². The summed E-state index contributed by atoms with van der Waals surface area (Å²) in [6, 6.07) is -0.0474. The van der Waals surface area contributed by atoms with Gasteiger partial charge in [0.15, 0.2) is 0 Å². The molecule has 2 atom stereocenters. The molecular formula is C12H23N3O3. The van der Waals surface area contributed by atoms with Gasteiger partial charge in [0, 0.05) is 19.1 Å². The lowest BCUT2D eigenvalue weighted by Gasteiger charge is -2.21. The van der Waals surface area contributed by atoms with Crippen molar-refractivity contribution in [2.45, 2.75) is 25.8 Å². The van der Waals surface area contributed by atoms with Crippen LogP contribution < -0.4 is 5.32 Å². The van der Waals surface area contributed by atoms with Gasteiger partial charge in [-0.15, -0.1) is 0 Å². The second kappa shape index (κ2) is 6.58. The molecule has 0 aromatic carbocycles. The Hall–Kier alpha value is -1.30. The van der Waals surface area contributed by atoms with Crippen molar-refractivity contribution in [2.24, 2.45) is 5.92 Å². The molecule has 18 heavy (non-hydrogen) atoms. The summed E-state index contributed by atoms with van der Waals surface area (Å²) < 4.78 is 0. The Morgan fingerprint density at radius 1 is 1.50 bits per heavy atom. The molecule has 104 valence electrons. The molecule has 1 heterocycles. The molecule has 0 bridgehead atoms. The maximum Gasteiger partial charge on any atom is 0.317 e. The summed E-state index contributed by atoms with van der Waals surface area (Å²) in [5.41, 5.74) is 0. The second-order valence-corrected chi connectivity index (χ2v) is 5.21. The highest BCUT2D eigenvalue weighted by Gasteiger charge is 2.31. The summed E-state index contributed by atoms with van der Waals surface area (Å²) in [6.45, 7) is 3.73. The van der Waals surface area contributed by atoms with Crippen molar-refractivity contribution < 1.29 is 14.7 Å². The molecule has 6 nitrogen and oxygen atoms in total. The van der Waals surface area contributed by atoms with E-state index in [1.807, 2.05) is 21.0 Å². The standard InChI is InChI=1S/C12H23N3O3/c1-9(4-6-14(2)3)13-12(18)15-7-5-10(8-15)11(16)17/h9-10H,4-8H2,1-3H3,(H,13,18)(H,16,17). The molecule has 2 amide bonds. The molecule has 1 aliphatic rings. The van der Waals surface area contributed by atoms with Crippen LogP contribution in [-0.4, -0.2) is 66.7 Å². The maximum absolute atomic E-state index is 11.9. The van der Waals surface area contributed by atoms with Crippen LogP contribution in [0.5, 0.6) is 0 Å². The first-order valence-corrected chi connectivity index (χ1v) is 6.33. The van der Waals surface area contributed by atoms with E-state index in [1.165, 1.54) is 0 Å². The molecule has 0 spiro atoms. The summed E-state index contributed by atoms with van der Waals surface area (Å²) in [4.78, 5) is 26.3. The lowest BCUT2D eigenvalue weighted by Crippen LogP contribution is -2.43. The highest BCUT2D eigenvalue weighted by atomic mass is 16.4. The highest BCUT2D eigenvalue weighted by Crippen LogP contribution is 2.16. The molecular weight excluding hydrogens is 234 g/mol. The Morgan fingerprint density at radius 3 is 2.67 bits per heavy atom. The summed E-state index contributed by atoms with van der Waals surface area (Å²) >= 11 is 0. The molecule has 0 aromatic heterocycles. The normalized spacial score (nSPS) is 21.1. The zero-order valence-electron chi connectivity index (χ0n) is 11.3. The van der Waals surface area contributed by atoms with Crippen LogP contribution in [-0.2, 0) is 4.79 Å². The fourth-order valence-electron chi connectivity index (χ4n) is 1.97.